The summed E-state index contributed by atoms with van der Waals surface area (Å²) in [5, 5.41) is 24.3. The molecule has 0 amide bonds. The molecule has 2 N–H and O–H groups in total. The number of benzene rings is 12. The van der Waals surface area contributed by atoms with E-state index in [-0.39, 0.29) is 19.5 Å². The molecule has 0 fully saturated rings. The van der Waals surface area contributed by atoms with E-state index in [4.69, 9.17) is 24.1 Å². The number of fused-ring (bicyclic) bond motifs is 3. The molecule has 1 aromatic heterocycles. The summed E-state index contributed by atoms with van der Waals surface area (Å²) in [5.74, 6) is 0. The van der Waals surface area contributed by atoms with Crippen LogP contribution in [0.5, 0.6) is 0 Å². The molecule has 13 rings (SSSR count). The predicted molar refractivity (Wildman–Crippen MR) is 381 cm³/mol. The molecule has 12 aromatic carbocycles. The molecule has 0 saturated carbocycles. The van der Waals surface area contributed by atoms with E-state index in [9.17, 15) is 0 Å². The maximum absolute atomic E-state index is 7.61. The average molecular weight is 1250 g/mol. The van der Waals surface area contributed by atoms with Crippen molar-refractivity contribution < 1.29 is 34.1 Å². The fourth-order valence-corrected chi connectivity index (χ4v) is 20.7. The molecule has 0 unspecified atom stereocenters. The van der Waals surface area contributed by atoms with Crippen molar-refractivity contribution in [3.63, 3.8) is 0 Å². The van der Waals surface area contributed by atoms with Crippen molar-refractivity contribution in [1.82, 2.24) is 0 Å². The number of hydrogen-bond donors (Lipinski definition) is 2. The molecule has 0 spiro atoms. The maximum Gasteiger partial charge on any atom is 0.148 e. The molecular weight excluding hydrogens is 1180 g/mol. The molecule has 9 heteroatoms. The first kappa shape index (κ1) is 63.5. The van der Waals surface area contributed by atoms with Crippen molar-refractivity contribution >= 4 is 107 Å². The van der Waals surface area contributed by atoms with Gasteiger partial charge < -0.3 is 14.6 Å². The van der Waals surface area contributed by atoms with Crippen molar-refractivity contribution in [3.05, 3.63) is 337 Å². The number of aliphatic hydroxyl groups is 2. The number of aryl methyl sites for hydroxylation is 6. The van der Waals surface area contributed by atoms with E-state index in [2.05, 4.69) is 345 Å². The van der Waals surface area contributed by atoms with Gasteiger partial charge in [0, 0.05) is 62.1 Å². The smallest absolute Gasteiger partial charge is 0.148 e. The Labute approximate surface area is 538 Å². The van der Waals surface area contributed by atoms with Gasteiger partial charge in [0.1, 0.15) is 23.6 Å². The third-order valence-corrected chi connectivity index (χ3v) is 23.9. The van der Waals surface area contributed by atoms with Crippen LogP contribution in [0.4, 0.5) is 11.4 Å². The number of furan rings is 1. The molecule has 0 aliphatic heterocycles. The largest absolute Gasteiger partial charge is 0.455 e. The van der Waals surface area contributed by atoms with Crippen LogP contribution in [0.2, 0.25) is 0 Å². The summed E-state index contributed by atoms with van der Waals surface area (Å²) in [6.45, 7) is 14.4. The van der Waals surface area contributed by atoms with Gasteiger partial charge in [-0.15, -0.1) is 0 Å². The molecule has 89 heavy (non-hydrogen) atoms. The fourth-order valence-electron chi connectivity index (χ4n) is 13.2. The Morgan fingerprint density at radius 1 is 0.326 bits per heavy atom. The number of aliphatic hydroxyl groups excluding tert-OH is 1. The second kappa shape index (κ2) is 28.3. The molecule has 0 bridgehead atoms. The van der Waals surface area contributed by atoms with Gasteiger partial charge in [0.2, 0.25) is 0 Å². The van der Waals surface area contributed by atoms with E-state index in [0.717, 1.165) is 43.9 Å². The van der Waals surface area contributed by atoms with Crippen LogP contribution in [-0.2, 0) is 19.5 Å². The Morgan fingerprint density at radius 3 is 0.787 bits per heavy atom. The first-order valence-electron chi connectivity index (χ1n) is 30.2. The van der Waals surface area contributed by atoms with Crippen LogP contribution in [-0.4, -0.2) is 22.6 Å². The Kier molecular flexibility index (Phi) is 20.2. The van der Waals surface area contributed by atoms with Crippen LogP contribution in [0.1, 0.15) is 40.3 Å². The minimum absolute atomic E-state index is 0. The van der Waals surface area contributed by atoms with Gasteiger partial charge in [-0.05, 0) is 82.9 Å². The predicted octanol–water partition coefficient (Wildman–Crippen LogP) is 15.4. The molecule has 0 radical (unpaired) electrons. The van der Waals surface area contributed by atoms with E-state index < -0.39 is 26.5 Å². The van der Waals surface area contributed by atoms with E-state index in [1.165, 1.54) is 83.4 Å². The molecule has 438 valence electrons. The van der Waals surface area contributed by atoms with Gasteiger partial charge in [-0.2, -0.15) is 21.9 Å². The maximum atomic E-state index is 7.61. The van der Waals surface area contributed by atoms with Gasteiger partial charge in [-0.3, -0.25) is 9.49 Å². The Balaban J connectivity index is 0.000000241. The van der Waals surface area contributed by atoms with Gasteiger partial charge in [-0.1, -0.05) is 302 Å². The topological polar surface area (TPSA) is 78.3 Å². The van der Waals surface area contributed by atoms with Crippen LogP contribution in [0, 0.1) is 41.5 Å². The molecule has 13 aromatic rings. The first-order chi connectivity index (χ1) is 42.9. The first-order valence-corrected chi connectivity index (χ1v) is 33.7. The van der Waals surface area contributed by atoms with E-state index in [1.54, 1.807) is 0 Å². The standard InChI is InChI=1S/C54H48N2OP2.C24H20B.C2H6O2.Zn/c1-37-33-39(3)51(40(4)34-37)55-58(43-21-11-7-12-22-43,44-23-13-8-14-24-44)49-31-19-29-47-48-30-20-32-50(54(48)57-53(47)49)59(45-25-15-9-16-26-45,46-27-17-10-18-28-46)56-52-41(5)35-38(2)36-42(52)6;1-5-13-21(14-6-1)25(22-15-7-2-8-16-22,23-17-9-3-10-18-23)24-19-11-4-12-20-24;1-2(3)4;/h7-36H,1-6H3;1-20H;2-4H,1H3;/q;-1;;. The molecule has 0 aliphatic rings. The summed E-state index contributed by atoms with van der Waals surface area (Å²) < 4.78 is 19.7. The number of para-hydroxylation sites is 2. The summed E-state index contributed by atoms with van der Waals surface area (Å²) in [5.41, 5.74) is 16.3. The van der Waals surface area contributed by atoms with Crippen molar-refractivity contribution in [2.75, 3.05) is 0 Å². The van der Waals surface area contributed by atoms with Crippen LogP contribution in [0.3, 0.4) is 0 Å². The Hall–Kier alpha value is -8.49. The van der Waals surface area contributed by atoms with Crippen molar-refractivity contribution in [2.24, 2.45) is 9.49 Å². The third-order valence-electron chi connectivity index (χ3n) is 16.7. The van der Waals surface area contributed by atoms with Crippen LogP contribution < -0.4 is 53.7 Å². The molecule has 0 atom stereocenters. The number of rotatable bonds is 12. The number of hydrogen-bond acceptors (Lipinski definition) is 5. The average Bonchev–Trinajstić information content (AvgIpc) is 1.74. The van der Waals surface area contributed by atoms with E-state index in [0.29, 0.717) is 0 Å². The summed E-state index contributed by atoms with van der Waals surface area (Å²) in [6.07, 6.45) is -2.38. The Morgan fingerprint density at radius 2 is 0.551 bits per heavy atom. The molecular formula is C80H74BN2O3P2Zn-. The second-order valence-corrected chi connectivity index (χ2v) is 28.8. The zero-order chi connectivity index (χ0) is 61.3. The van der Waals surface area contributed by atoms with E-state index in [1.807, 2.05) is 0 Å². The zero-order valence-electron chi connectivity index (χ0n) is 51.8. The Bertz CT molecular complexity index is 4100. The fraction of sp³-hybridized carbons (Fsp3) is 0.100. The van der Waals surface area contributed by atoms with Gasteiger partial charge in [0.15, 0.2) is 0 Å². The van der Waals surface area contributed by atoms with E-state index >= 15 is 0 Å². The zero-order valence-corrected chi connectivity index (χ0v) is 56.6. The third kappa shape index (κ3) is 12.8. The number of nitrogens with zero attached hydrogens (tertiary/aromatic N) is 2. The SMILES string of the molecule is CC(O)O.Cc1cc(C)c(N=P(c2ccccc2)(c2ccccc2)c2cccc3c2oc2c(P(=Nc4c(C)cc(C)cc4C)(c4ccccc4)c4ccccc4)cccc23)c(C)c1.[Zn].c1ccc([B-](c2ccccc2)(c2ccccc2)c2ccccc2)cc1. The minimum Gasteiger partial charge on any atom is -0.455 e. The molecule has 5 nitrogen and oxygen atoms in total. The quantitative estimate of drug-likeness (QED) is 0.0727. The molecule has 1 heterocycles. The normalized spacial score (nSPS) is 11.4. The van der Waals surface area contributed by atoms with Gasteiger partial charge in [0.25, 0.3) is 0 Å². The minimum atomic E-state index is -2.77. The van der Waals surface area contributed by atoms with Crippen LogP contribution in [0.25, 0.3) is 21.9 Å². The van der Waals surface area contributed by atoms with Gasteiger partial charge >= 0.3 is 0 Å². The van der Waals surface area contributed by atoms with Crippen molar-refractivity contribution in [2.45, 2.75) is 54.8 Å². The van der Waals surface area contributed by atoms with Gasteiger partial charge in [-0.25, -0.2) is 0 Å². The van der Waals surface area contributed by atoms with Crippen molar-refractivity contribution in [3.8, 4) is 0 Å². The second-order valence-electron chi connectivity index (χ2n) is 22.9. The monoisotopic (exact) mass is 1250 g/mol. The van der Waals surface area contributed by atoms with Crippen molar-refractivity contribution in [1.29, 1.82) is 0 Å². The molecule has 0 saturated heterocycles. The summed E-state index contributed by atoms with van der Waals surface area (Å²) >= 11 is 0. The van der Waals surface area contributed by atoms with Crippen LogP contribution in [0.15, 0.2) is 317 Å². The summed E-state index contributed by atoms with van der Waals surface area (Å²) in [6, 6.07) is 109. The molecule has 0 aliphatic carbocycles. The summed E-state index contributed by atoms with van der Waals surface area (Å²) in [4.78, 5) is 0. The summed E-state index contributed by atoms with van der Waals surface area (Å²) in [7, 11) is -5.55. The van der Waals surface area contributed by atoms with Gasteiger partial charge in [0.05, 0.1) is 25.5 Å². The van der Waals surface area contributed by atoms with Crippen LogP contribution >= 0.6 is 14.1 Å².